The zero-order valence-corrected chi connectivity index (χ0v) is 8.35. The molecule has 0 saturated carbocycles. The van der Waals surface area contributed by atoms with E-state index in [2.05, 4.69) is 5.32 Å². The molecule has 0 radical (unpaired) electrons. The number of aliphatic hydroxyl groups excluding tert-OH is 4. The lowest BCUT2D eigenvalue weighted by molar-refractivity contribution is -0.235. The van der Waals surface area contributed by atoms with Crippen LogP contribution in [0.4, 0.5) is 0 Å². The van der Waals surface area contributed by atoms with Crippen molar-refractivity contribution >= 4 is 5.91 Å². The summed E-state index contributed by atoms with van der Waals surface area (Å²) in [6.45, 7) is 0.185. The van der Waals surface area contributed by atoms with Gasteiger partial charge < -0.3 is 30.5 Å². The van der Waals surface area contributed by atoms with E-state index in [9.17, 15) is 20.1 Å². The number of rotatable bonds is 3. The molecule has 1 aliphatic heterocycles. The molecule has 0 aromatic carbocycles. The van der Waals surface area contributed by atoms with Gasteiger partial charge in [-0.1, -0.05) is 6.55 Å². The van der Waals surface area contributed by atoms with E-state index in [1.807, 2.05) is 0 Å². The molecular weight excluding hydrogens is 218 g/mol. The molecule has 16 heavy (non-hydrogen) atoms. The zero-order chi connectivity index (χ0) is 13.0. The molecule has 1 amide bonds. The Labute approximate surface area is 93.4 Å². The molecule has 1 rings (SSSR count). The van der Waals surface area contributed by atoms with Gasteiger partial charge >= 0.3 is 0 Å². The fraction of sp³-hybridized carbons (Fsp3) is 0.667. The van der Waals surface area contributed by atoms with Crippen molar-refractivity contribution in [2.75, 3.05) is 6.61 Å². The molecule has 1 fully saturated rings. The number of hydrogen-bond acceptors (Lipinski definition) is 6. The SMILES string of the molecule is [2H]C=CC(=O)NC1O[C@H](CO)[C@H](O)[C@H](O)[C@H]1O. The van der Waals surface area contributed by atoms with E-state index in [-0.39, 0.29) is 0 Å². The van der Waals surface area contributed by atoms with E-state index in [4.69, 9.17) is 11.2 Å². The van der Waals surface area contributed by atoms with E-state index >= 15 is 0 Å². The molecule has 0 aliphatic carbocycles. The second kappa shape index (κ2) is 5.37. The molecule has 1 heterocycles. The summed E-state index contributed by atoms with van der Waals surface area (Å²) in [5.74, 6) is -0.690. The third-order valence-corrected chi connectivity index (χ3v) is 2.33. The van der Waals surface area contributed by atoms with Gasteiger partial charge in [0, 0.05) is 0 Å². The summed E-state index contributed by atoms with van der Waals surface area (Å²) in [7, 11) is 0. The quantitative estimate of drug-likeness (QED) is 0.334. The van der Waals surface area contributed by atoms with Crippen LogP contribution in [0.5, 0.6) is 0 Å². The van der Waals surface area contributed by atoms with Gasteiger partial charge in [0.2, 0.25) is 5.91 Å². The Morgan fingerprint density at radius 2 is 2.12 bits per heavy atom. The minimum atomic E-state index is -1.54. The summed E-state index contributed by atoms with van der Waals surface area (Å²) < 4.78 is 11.7. The minimum absolute atomic E-state index is 0.564. The van der Waals surface area contributed by atoms with Crippen molar-refractivity contribution in [3.05, 3.63) is 12.6 Å². The summed E-state index contributed by atoms with van der Waals surface area (Å²) in [5.41, 5.74) is 0. The average molecular weight is 234 g/mol. The summed E-state index contributed by atoms with van der Waals surface area (Å²) in [6.07, 6.45) is -5.95. The van der Waals surface area contributed by atoms with Crippen molar-refractivity contribution in [2.24, 2.45) is 0 Å². The second-order valence-electron chi connectivity index (χ2n) is 3.42. The van der Waals surface area contributed by atoms with Crippen molar-refractivity contribution in [2.45, 2.75) is 30.6 Å². The summed E-state index contributed by atoms with van der Waals surface area (Å²) in [5, 5.41) is 39.5. The lowest BCUT2D eigenvalue weighted by Gasteiger charge is -2.39. The Morgan fingerprint density at radius 3 is 2.69 bits per heavy atom. The Kier molecular flexibility index (Phi) is 3.86. The van der Waals surface area contributed by atoms with Gasteiger partial charge in [-0.05, 0) is 6.08 Å². The predicted octanol–water partition coefficient (Wildman–Crippen LogP) is -2.91. The number of nitrogens with one attached hydrogen (secondary N) is 1. The Hall–Kier alpha value is -0.990. The van der Waals surface area contributed by atoms with E-state index in [0.717, 1.165) is 12.6 Å². The van der Waals surface area contributed by atoms with Crippen molar-refractivity contribution in [1.82, 2.24) is 5.32 Å². The fourth-order valence-corrected chi connectivity index (χ4v) is 1.41. The first-order valence-electron chi connectivity index (χ1n) is 5.25. The first-order chi connectivity index (χ1) is 8.01. The molecule has 1 saturated heterocycles. The van der Waals surface area contributed by atoms with Gasteiger partial charge in [0.05, 0.1) is 7.98 Å². The average Bonchev–Trinajstić information content (AvgIpc) is 2.30. The maximum Gasteiger partial charge on any atom is 0.245 e. The molecule has 1 unspecified atom stereocenters. The number of aliphatic hydroxyl groups is 4. The van der Waals surface area contributed by atoms with Gasteiger partial charge in [0.25, 0.3) is 0 Å². The summed E-state index contributed by atoms with van der Waals surface area (Å²) in [4.78, 5) is 11.1. The van der Waals surface area contributed by atoms with Crippen LogP contribution in [-0.4, -0.2) is 63.6 Å². The highest BCUT2D eigenvalue weighted by atomic mass is 16.6. The molecule has 7 nitrogen and oxygen atoms in total. The lowest BCUT2D eigenvalue weighted by atomic mass is 9.98. The van der Waals surface area contributed by atoms with Gasteiger partial charge in [0.1, 0.15) is 24.4 Å². The smallest absolute Gasteiger partial charge is 0.245 e. The standard InChI is InChI=1S/C9H15NO6/c1-2-5(12)10-9-8(15)7(14)6(13)4(3-11)16-9/h2,4,6-9,11,13-15H,1,3H2,(H,10,12)/t4-,6+,7+,8-,9?/m1/s1/i1D. The first-order valence-corrected chi connectivity index (χ1v) is 4.67. The molecule has 92 valence electrons. The van der Waals surface area contributed by atoms with E-state index in [1.165, 1.54) is 0 Å². The normalized spacial score (nSPS) is 40.8. The van der Waals surface area contributed by atoms with Gasteiger partial charge in [-0.15, -0.1) is 0 Å². The monoisotopic (exact) mass is 234 g/mol. The first kappa shape index (κ1) is 11.5. The van der Waals surface area contributed by atoms with Crippen LogP contribution in [0.25, 0.3) is 0 Å². The van der Waals surface area contributed by atoms with Crippen LogP contribution in [0.15, 0.2) is 12.6 Å². The molecular formula is C9H15NO6. The van der Waals surface area contributed by atoms with Crippen molar-refractivity contribution in [3.63, 3.8) is 0 Å². The second-order valence-corrected chi connectivity index (χ2v) is 3.42. The van der Waals surface area contributed by atoms with Crippen LogP contribution in [0.2, 0.25) is 0 Å². The fourth-order valence-electron chi connectivity index (χ4n) is 1.41. The van der Waals surface area contributed by atoms with E-state index in [1.54, 1.807) is 0 Å². The third-order valence-electron chi connectivity index (χ3n) is 2.33. The van der Waals surface area contributed by atoms with Crippen LogP contribution in [-0.2, 0) is 9.53 Å². The number of hydrogen-bond donors (Lipinski definition) is 5. The van der Waals surface area contributed by atoms with E-state index in [0.29, 0.717) is 0 Å². The Morgan fingerprint density at radius 1 is 1.44 bits per heavy atom. The molecule has 5 N–H and O–H groups in total. The third kappa shape index (κ3) is 2.57. The molecule has 0 spiro atoms. The molecule has 5 atom stereocenters. The Bertz CT molecular complexity index is 297. The lowest BCUT2D eigenvalue weighted by Crippen LogP contribution is -2.63. The zero-order valence-electron chi connectivity index (χ0n) is 9.35. The van der Waals surface area contributed by atoms with Crippen molar-refractivity contribution in [1.29, 1.82) is 0 Å². The van der Waals surface area contributed by atoms with Crippen LogP contribution >= 0.6 is 0 Å². The van der Waals surface area contributed by atoms with Crippen molar-refractivity contribution in [3.8, 4) is 0 Å². The predicted molar refractivity (Wildman–Crippen MR) is 52.1 cm³/mol. The number of amides is 1. The molecule has 1 aliphatic rings. The molecule has 0 bridgehead atoms. The van der Waals surface area contributed by atoms with Gasteiger partial charge in [0.15, 0.2) is 6.23 Å². The molecule has 0 aromatic rings. The highest BCUT2D eigenvalue weighted by Gasteiger charge is 2.43. The van der Waals surface area contributed by atoms with E-state index < -0.39 is 43.2 Å². The van der Waals surface area contributed by atoms with Crippen LogP contribution < -0.4 is 5.32 Å². The van der Waals surface area contributed by atoms with Crippen LogP contribution in [0, 0.1) is 0 Å². The number of ether oxygens (including phenoxy) is 1. The van der Waals surface area contributed by atoms with Crippen LogP contribution in [0.1, 0.15) is 1.37 Å². The van der Waals surface area contributed by atoms with Gasteiger partial charge in [-0.2, -0.15) is 0 Å². The maximum atomic E-state index is 11.1. The Balaban J connectivity index is 2.68. The maximum absolute atomic E-state index is 11.1. The number of carbonyl (C=O) groups excluding carboxylic acids is 1. The minimum Gasteiger partial charge on any atom is -0.394 e. The van der Waals surface area contributed by atoms with Crippen LogP contribution in [0.3, 0.4) is 0 Å². The highest BCUT2D eigenvalue weighted by Crippen LogP contribution is 2.19. The van der Waals surface area contributed by atoms with Gasteiger partial charge in [-0.25, -0.2) is 0 Å². The molecule has 0 aromatic heterocycles. The van der Waals surface area contributed by atoms with Gasteiger partial charge in [-0.3, -0.25) is 4.79 Å². The number of carbonyl (C=O) groups is 1. The van der Waals surface area contributed by atoms with Crippen molar-refractivity contribution < 1.29 is 31.3 Å². The summed E-state index contributed by atoms with van der Waals surface area (Å²) >= 11 is 0. The molecule has 7 heteroatoms. The topological polar surface area (TPSA) is 119 Å². The summed E-state index contributed by atoms with van der Waals surface area (Å²) in [6, 6.07) is 0. The largest absolute Gasteiger partial charge is 0.394 e. The highest BCUT2D eigenvalue weighted by molar-refractivity contribution is 5.87.